The summed E-state index contributed by atoms with van der Waals surface area (Å²) in [6.45, 7) is 2.89. The lowest BCUT2D eigenvalue weighted by Gasteiger charge is -2.03. The predicted molar refractivity (Wildman–Crippen MR) is 50.7 cm³/mol. The van der Waals surface area contributed by atoms with Crippen LogP contribution >= 0.6 is 0 Å². The molecule has 0 bridgehead atoms. The molecule has 0 amide bonds. The van der Waals surface area contributed by atoms with Crippen LogP contribution in [0.4, 0.5) is 0 Å². The molecule has 3 N–H and O–H groups in total. The maximum Gasteiger partial charge on any atom is 0.290 e. The molecule has 1 aromatic heterocycles. The zero-order valence-corrected chi connectivity index (χ0v) is 7.67. The molecule has 0 aliphatic carbocycles. The molecule has 0 aromatic carbocycles. The number of hydrogen-bond donors (Lipinski definition) is 2. The molecule has 0 aliphatic heterocycles. The zero-order valence-electron chi connectivity index (χ0n) is 7.67. The normalized spacial score (nSPS) is 10.0. The molecule has 1 rings (SSSR count). The van der Waals surface area contributed by atoms with Gasteiger partial charge in [0, 0.05) is 12.2 Å². The van der Waals surface area contributed by atoms with Crippen LogP contribution in [0.15, 0.2) is 16.9 Å². The van der Waals surface area contributed by atoms with E-state index in [0.717, 1.165) is 6.42 Å². The van der Waals surface area contributed by atoms with Crippen LogP contribution in [0.1, 0.15) is 19.0 Å². The van der Waals surface area contributed by atoms with Gasteiger partial charge in [-0.2, -0.15) is 0 Å². The predicted octanol–water partition coefficient (Wildman–Crippen LogP) is 0.622. The van der Waals surface area contributed by atoms with Crippen molar-refractivity contribution in [1.82, 2.24) is 4.98 Å². The Kier molecular flexibility index (Phi) is 3.52. The number of aromatic amines is 1. The molecule has 0 spiro atoms. The minimum atomic E-state index is -0.212. The Morgan fingerprint density at radius 1 is 1.54 bits per heavy atom. The fraction of sp³-hybridized carbons (Fsp3) is 0.444. The highest BCUT2D eigenvalue weighted by Crippen LogP contribution is 2.02. The number of H-pyrrole nitrogens is 1. The van der Waals surface area contributed by atoms with Gasteiger partial charge in [0.05, 0.1) is 6.61 Å². The molecule has 4 nitrogen and oxygen atoms in total. The van der Waals surface area contributed by atoms with E-state index >= 15 is 0 Å². The van der Waals surface area contributed by atoms with Crippen LogP contribution in [0.25, 0.3) is 0 Å². The van der Waals surface area contributed by atoms with Crippen molar-refractivity contribution in [3.05, 3.63) is 28.2 Å². The molecular formula is C9H14N2O2. The summed E-state index contributed by atoms with van der Waals surface area (Å²) in [5.41, 5.74) is 5.86. The first kappa shape index (κ1) is 9.80. The third-order valence-electron chi connectivity index (χ3n) is 1.62. The number of rotatable bonds is 4. The number of nitrogens with two attached hydrogens (primary N) is 1. The van der Waals surface area contributed by atoms with Gasteiger partial charge in [-0.3, -0.25) is 4.79 Å². The van der Waals surface area contributed by atoms with Crippen molar-refractivity contribution in [1.29, 1.82) is 0 Å². The van der Waals surface area contributed by atoms with E-state index in [0.29, 0.717) is 24.6 Å². The molecule has 0 saturated carbocycles. The molecule has 0 aliphatic rings. The smallest absolute Gasteiger partial charge is 0.290 e. The lowest BCUT2D eigenvalue weighted by Crippen LogP contribution is -2.14. The first-order valence-corrected chi connectivity index (χ1v) is 4.33. The van der Waals surface area contributed by atoms with E-state index in [9.17, 15) is 4.79 Å². The fourth-order valence-corrected chi connectivity index (χ4v) is 0.946. The van der Waals surface area contributed by atoms with Crippen LogP contribution in [0.5, 0.6) is 5.75 Å². The number of aromatic nitrogens is 1. The largest absolute Gasteiger partial charge is 0.488 e. The lowest BCUT2D eigenvalue weighted by molar-refractivity contribution is 0.313. The summed E-state index contributed by atoms with van der Waals surface area (Å²) in [7, 11) is 0. The highest BCUT2D eigenvalue weighted by Gasteiger charge is 1.99. The summed E-state index contributed by atoms with van der Waals surface area (Å²) in [5, 5.41) is 0. The second kappa shape index (κ2) is 4.67. The molecule has 1 heterocycles. The molecule has 0 atom stereocenters. The van der Waals surface area contributed by atoms with Gasteiger partial charge in [0.15, 0.2) is 5.75 Å². The minimum absolute atomic E-state index is 0.212. The summed E-state index contributed by atoms with van der Waals surface area (Å²) in [5.74, 6) is 0.360. The Hall–Kier alpha value is -1.29. The highest BCUT2D eigenvalue weighted by molar-refractivity contribution is 5.19. The van der Waals surface area contributed by atoms with Crippen molar-refractivity contribution in [3.63, 3.8) is 0 Å². The molecule has 0 unspecified atom stereocenters. The third kappa shape index (κ3) is 2.59. The van der Waals surface area contributed by atoms with Crippen molar-refractivity contribution < 1.29 is 4.74 Å². The van der Waals surface area contributed by atoms with Crippen LogP contribution in [0, 0.1) is 0 Å². The Morgan fingerprint density at radius 3 is 2.85 bits per heavy atom. The monoisotopic (exact) mass is 182 g/mol. The molecule has 0 radical (unpaired) electrons. The van der Waals surface area contributed by atoms with Crippen LogP contribution < -0.4 is 16.0 Å². The van der Waals surface area contributed by atoms with Gasteiger partial charge in [-0.1, -0.05) is 6.92 Å². The number of ether oxygens (including phenoxy) is 1. The Bertz CT molecular complexity index is 320. The number of pyridine rings is 1. The second-order valence-corrected chi connectivity index (χ2v) is 2.73. The quantitative estimate of drug-likeness (QED) is 0.717. The molecule has 1 aromatic rings. The van der Waals surface area contributed by atoms with Gasteiger partial charge >= 0.3 is 0 Å². The molecule has 0 saturated heterocycles. The van der Waals surface area contributed by atoms with Crippen molar-refractivity contribution in [2.24, 2.45) is 5.73 Å². The van der Waals surface area contributed by atoms with Gasteiger partial charge < -0.3 is 15.5 Å². The summed E-state index contributed by atoms with van der Waals surface area (Å²) < 4.78 is 5.20. The standard InChI is InChI=1S/C9H14N2O2/c1-2-5-13-8-4-3-7(6-10)11-9(8)12/h3-4H,2,5-6,10H2,1H3,(H,11,12). The maximum atomic E-state index is 11.3. The van der Waals surface area contributed by atoms with E-state index in [2.05, 4.69) is 4.98 Å². The van der Waals surface area contributed by atoms with Crippen LogP contribution in [0.3, 0.4) is 0 Å². The minimum Gasteiger partial charge on any atom is -0.488 e. The molecule has 0 fully saturated rings. The molecular weight excluding hydrogens is 168 g/mol. The Balaban J connectivity index is 2.80. The molecule has 72 valence electrons. The Labute approximate surface area is 76.7 Å². The fourth-order valence-electron chi connectivity index (χ4n) is 0.946. The van der Waals surface area contributed by atoms with E-state index in [1.165, 1.54) is 0 Å². The highest BCUT2D eigenvalue weighted by atomic mass is 16.5. The average Bonchev–Trinajstić information content (AvgIpc) is 2.16. The second-order valence-electron chi connectivity index (χ2n) is 2.73. The van der Waals surface area contributed by atoms with Gasteiger partial charge in [0.2, 0.25) is 0 Å². The van der Waals surface area contributed by atoms with E-state index in [-0.39, 0.29) is 5.56 Å². The first-order valence-electron chi connectivity index (χ1n) is 4.33. The van der Waals surface area contributed by atoms with E-state index in [1.807, 2.05) is 6.92 Å². The van der Waals surface area contributed by atoms with Crippen LogP contribution in [-0.4, -0.2) is 11.6 Å². The summed E-state index contributed by atoms with van der Waals surface area (Å²) >= 11 is 0. The summed E-state index contributed by atoms with van der Waals surface area (Å²) in [6, 6.07) is 3.41. The van der Waals surface area contributed by atoms with Crippen molar-refractivity contribution in [2.75, 3.05) is 6.61 Å². The summed E-state index contributed by atoms with van der Waals surface area (Å²) in [6.07, 6.45) is 0.887. The molecule has 13 heavy (non-hydrogen) atoms. The topological polar surface area (TPSA) is 68.1 Å². The van der Waals surface area contributed by atoms with Gasteiger partial charge in [-0.25, -0.2) is 0 Å². The van der Waals surface area contributed by atoms with Gasteiger partial charge in [-0.05, 0) is 18.6 Å². The van der Waals surface area contributed by atoms with Crippen LogP contribution in [0.2, 0.25) is 0 Å². The van der Waals surface area contributed by atoms with Crippen molar-refractivity contribution in [3.8, 4) is 5.75 Å². The van der Waals surface area contributed by atoms with Gasteiger partial charge in [0.25, 0.3) is 5.56 Å². The summed E-state index contributed by atoms with van der Waals surface area (Å²) in [4.78, 5) is 13.9. The average molecular weight is 182 g/mol. The SMILES string of the molecule is CCCOc1ccc(CN)[nH]c1=O. The Morgan fingerprint density at radius 2 is 2.31 bits per heavy atom. The van der Waals surface area contributed by atoms with E-state index < -0.39 is 0 Å². The zero-order chi connectivity index (χ0) is 9.68. The first-order chi connectivity index (χ1) is 6.27. The number of nitrogens with one attached hydrogen (secondary N) is 1. The van der Waals surface area contributed by atoms with Crippen molar-refractivity contribution in [2.45, 2.75) is 19.9 Å². The van der Waals surface area contributed by atoms with Crippen LogP contribution in [-0.2, 0) is 6.54 Å². The van der Waals surface area contributed by atoms with Gasteiger partial charge in [-0.15, -0.1) is 0 Å². The maximum absolute atomic E-state index is 11.3. The number of hydrogen-bond acceptors (Lipinski definition) is 3. The molecule has 4 heteroatoms. The lowest BCUT2D eigenvalue weighted by atomic mass is 10.3. The third-order valence-corrected chi connectivity index (χ3v) is 1.62. The van der Waals surface area contributed by atoms with E-state index in [1.54, 1.807) is 12.1 Å². The van der Waals surface area contributed by atoms with Crippen molar-refractivity contribution >= 4 is 0 Å². The van der Waals surface area contributed by atoms with Gasteiger partial charge in [0.1, 0.15) is 0 Å². The van der Waals surface area contributed by atoms with E-state index in [4.69, 9.17) is 10.5 Å².